The van der Waals surface area contributed by atoms with E-state index >= 15 is 0 Å². The third-order valence-electron chi connectivity index (χ3n) is 3.96. The van der Waals surface area contributed by atoms with Gasteiger partial charge in [-0.1, -0.05) is 18.2 Å². The van der Waals surface area contributed by atoms with Crippen LogP contribution in [0.4, 0.5) is 10.5 Å². The number of esters is 1. The van der Waals surface area contributed by atoms with Crippen molar-refractivity contribution in [2.75, 3.05) is 19.0 Å². The summed E-state index contributed by atoms with van der Waals surface area (Å²) in [7, 11) is 1.33. The molecule has 3 rings (SSSR count). The maximum atomic E-state index is 12.7. The molecule has 0 saturated carbocycles. The number of methoxy groups -OCH3 is 1. The first-order valence-corrected chi connectivity index (χ1v) is 8.37. The van der Waals surface area contributed by atoms with Gasteiger partial charge in [-0.25, -0.2) is 9.59 Å². The highest BCUT2D eigenvalue weighted by atomic mass is 32.1. The molecule has 1 N–H and O–H groups in total. The lowest BCUT2D eigenvalue weighted by molar-refractivity contribution is 0.0602. The molecule has 2 aromatic rings. The lowest BCUT2D eigenvalue weighted by Gasteiger charge is -2.24. The minimum absolute atomic E-state index is 0.111. The van der Waals surface area contributed by atoms with Gasteiger partial charge in [-0.05, 0) is 36.4 Å². The van der Waals surface area contributed by atoms with Crippen LogP contribution in [-0.4, -0.2) is 30.6 Å². The molecule has 0 spiro atoms. The monoisotopic (exact) mass is 330 g/mol. The third-order valence-corrected chi connectivity index (χ3v) is 4.93. The number of thiophene rings is 1. The molecular weight excluding hydrogens is 312 g/mol. The molecule has 1 aliphatic rings. The Morgan fingerprint density at radius 1 is 1.26 bits per heavy atom. The van der Waals surface area contributed by atoms with Gasteiger partial charge in [0.05, 0.1) is 24.4 Å². The van der Waals surface area contributed by atoms with Gasteiger partial charge in [-0.15, -0.1) is 11.3 Å². The lowest BCUT2D eigenvalue weighted by Crippen LogP contribution is -2.34. The number of urea groups is 1. The normalized spacial score (nSPS) is 17.1. The second-order valence-corrected chi connectivity index (χ2v) is 6.31. The minimum atomic E-state index is -0.461. The van der Waals surface area contributed by atoms with Crippen LogP contribution in [0.25, 0.3) is 0 Å². The quantitative estimate of drug-likeness (QED) is 0.868. The lowest BCUT2D eigenvalue weighted by atomic mass is 10.1. The van der Waals surface area contributed by atoms with Crippen LogP contribution in [0.5, 0.6) is 0 Å². The van der Waals surface area contributed by atoms with Crippen LogP contribution < -0.4 is 5.32 Å². The molecule has 2 amide bonds. The summed E-state index contributed by atoms with van der Waals surface area (Å²) in [6.45, 7) is 0.717. The molecule has 1 aliphatic heterocycles. The van der Waals surface area contributed by atoms with E-state index in [4.69, 9.17) is 4.74 Å². The maximum Gasteiger partial charge on any atom is 0.339 e. The van der Waals surface area contributed by atoms with Crippen LogP contribution in [0.1, 0.15) is 34.1 Å². The molecule has 120 valence electrons. The summed E-state index contributed by atoms with van der Waals surface area (Å²) in [6.07, 6.45) is 1.95. The number of anilines is 1. The Hall–Kier alpha value is -2.34. The smallest absolute Gasteiger partial charge is 0.339 e. The minimum Gasteiger partial charge on any atom is -0.465 e. The van der Waals surface area contributed by atoms with Crippen molar-refractivity contribution in [3.05, 3.63) is 52.2 Å². The zero-order valence-corrected chi connectivity index (χ0v) is 13.6. The Bertz CT molecular complexity index is 700. The summed E-state index contributed by atoms with van der Waals surface area (Å²) >= 11 is 1.66. The summed E-state index contributed by atoms with van der Waals surface area (Å²) in [5.74, 6) is -0.461. The summed E-state index contributed by atoms with van der Waals surface area (Å²) < 4.78 is 4.76. The van der Waals surface area contributed by atoms with Gasteiger partial charge in [-0.3, -0.25) is 0 Å². The summed E-state index contributed by atoms with van der Waals surface area (Å²) in [4.78, 5) is 27.5. The fourth-order valence-electron chi connectivity index (χ4n) is 2.85. The molecule has 0 radical (unpaired) electrons. The number of likely N-dealkylation sites (tertiary alicyclic amines) is 1. The van der Waals surface area contributed by atoms with Crippen LogP contribution in [-0.2, 0) is 4.74 Å². The van der Waals surface area contributed by atoms with Crippen molar-refractivity contribution in [3.63, 3.8) is 0 Å². The van der Waals surface area contributed by atoms with E-state index < -0.39 is 5.97 Å². The molecule has 1 aromatic carbocycles. The molecule has 1 unspecified atom stereocenters. The van der Waals surface area contributed by atoms with E-state index in [2.05, 4.69) is 11.4 Å². The van der Waals surface area contributed by atoms with E-state index in [1.54, 1.807) is 35.6 Å². The van der Waals surface area contributed by atoms with Crippen molar-refractivity contribution in [3.8, 4) is 0 Å². The Balaban J connectivity index is 1.78. The van der Waals surface area contributed by atoms with E-state index in [1.807, 2.05) is 16.3 Å². The highest BCUT2D eigenvalue weighted by Gasteiger charge is 2.31. The number of para-hydroxylation sites is 1. The molecule has 0 bridgehead atoms. The van der Waals surface area contributed by atoms with Crippen molar-refractivity contribution in [1.29, 1.82) is 0 Å². The van der Waals surface area contributed by atoms with Gasteiger partial charge in [0.1, 0.15) is 0 Å². The molecule has 1 aromatic heterocycles. The van der Waals surface area contributed by atoms with Gasteiger partial charge < -0.3 is 15.0 Å². The molecule has 0 aliphatic carbocycles. The van der Waals surface area contributed by atoms with E-state index in [9.17, 15) is 9.59 Å². The number of ether oxygens (including phenoxy) is 1. The van der Waals surface area contributed by atoms with Gasteiger partial charge in [0.15, 0.2) is 0 Å². The molecule has 2 heterocycles. The summed E-state index contributed by atoms with van der Waals surface area (Å²) in [6, 6.07) is 10.9. The van der Waals surface area contributed by atoms with E-state index in [0.29, 0.717) is 11.3 Å². The number of nitrogens with zero attached hydrogens (tertiary/aromatic N) is 1. The number of rotatable bonds is 3. The third kappa shape index (κ3) is 3.22. The van der Waals surface area contributed by atoms with E-state index in [-0.39, 0.29) is 12.1 Å². The van der Waals surface area contributed by atoms with Crippen molar-refractivity contribution in [1.82, 2.24) is 4.90 Å². The van der Waals surface area contributed by atoms with Crippen LogP contribution in [0.15, 0.2) is 41.8 Å². The number of carbonyl (C=O) groups excluding carboxylic acids is 2. The van der Waals surface area contributed by atoms with Crippen molar-refractivity contribution >= 4 is 29.0 Å². The second-order valence-electron chi connectivity index (χ2n) is 5.33. The first-order chi connectivity index (χ1) is 11.2. The predicted octanol–water partition coefficient (Wildman–Crippen LogP) is 3.90. The maximum absolute atomic E-state index is 12.7. The molecule has 1 fully saturated rings. The summed E-state index contributed by atoms with van der Waals surface area (Å²) in [5.41, 5.74) is 0.830. The Kier molecular flexibility index (Phi) is 4.62. The van der Waals surface area contributed by atoms with Crippen LogP contribution in [0, 0.1) is 0 Å². The highest BCUT2D eigenvalue weighted by Crippen LogP contribution is 2.35. The van der Waals surface area contributed by atoms with Crippen molar-refractivity contribution in [2.45, 2.75) is 18.9 Å². The van der Waals surface area contributed by atoms with Gasteiger partial charge in [0, 0.05) is 11.4 Å². The molecule has 1 atom stereocenters. The molecule has 1 saturated heterocycles. The van der Waals surface area contributed by atoms with Crippen LogP contribution >= 0.6 is 11.3 Å². The molecule has 5 nitrogen and oxygen atoms in total. The average molecular weight is 330 g/mol. The number of amides is 2. The second kappa shape index (κ2) is 6.83. The zero-order valence-electron chi connectivity index (χ0n) is 12.8. The number of hydrogen-bond acceptors (Lipinski definition) is 4. The largest absolute Gasteiger partial charge is 0.465 e. The first kappa shape index (κ1) is 15.6. The Morgan fingerprint density at radius 3 is 2.83 bits per heavy atom. The molecule has 23 heavy (non-hydrogen) atoms. The Morgan fingerprint density at radius 2 is 2.09 bits per heavy atom. The van der Waals surface area contributed by atoms with Gasteiger partial charge >= 0.3 is 12.0 Å². The zero-order chi connectivity index (χ0) is 16.2. The van der Waals surface area contributed by atoms with Gasteiger partial charge in [-0.2, -0.15) is 0 Å². The Labute approximate surface area is 138 Å². The fraction of sp³-hybridized carbons (Fsp3) is 0.294. The molecule has 6 heteroatoms. The fourth-order valence-corrected chi connectivity index (χ4v) is 3.73. The van der Waals surface area contributed by atoms with Gasteiger partial charge in [0.25, 0.3) is 0 Å². The van der Waals surface area contributed by atoms with Gasteiger partial charge in [0.2, 0.25) is 0 Å². The summed E-state index contributed by atoms with van der Waals surface area (Å²) in [5, 5.41) is 4.87. The predicted molar refractivity (Wildman–Crippen MR) is 89.8 cm³/mol. The van der Waals surface area contributed by atoms with Crippen LogP contribution in [0.2, 0.25) is 0 Å². The van der Waals surface area contributed by atoms with Crippen molar-refractivity contribution in [2.24, 2.45) is 0 Å². The molecular formula is C17H18N2O3S. The standard InChI is InChI=1S/C17H18N2O3S/c1-22-16(20)12-6-2-3-7-13(12)18-17(21)19-10-4-8-14(19)15-9-5-11-23-15/h2-3,5-7,9,11,14H,4,8,10H2,1H3,(H,18,21). The number of hydrogen-bond donors (Lipinski definition) is 1. The SMILES string of the molecule is COC(=O)c1ccccc1NC(=O)N1CCCC1c1cccs1. The van der Waals surface area contributed by atoms with E-state index in [1.165, 1.54) is 12.0 Å². The number of carbonyl (C=O) groups is 2. The van der Waals surface area contributed by atoms with E-state index in [0.717, 1.165) is 19.4 Å². The number of nitrogens with one attached hydrogen (secondary N) is 1. The van der Waals surface area contributed by atoms with Crippen molar-refractivity contribution < 1.29 is 14.3 Å². The average Bonchev–Trinajstić information content (AvgIpc) is 3.25. The first-order valence-electron chi connectivity index (χ1n) is 7.49. The van der Waals surface area contributed by atoms with Crippen LogP contribution in [0.3, 0.4) is 0 Å². The topological polar surface area (TPSA) is 58.6 Å². The highest BCUT2D eigenvalue weighted by molar-refractivity contribution is 7.10. The number of benzene rings is 1.